The average Bonchev–Trinajstić information content (AvgIpc) is 4.04. The van der Waals surface area contributed by atoms with Crippen molar-refractivity contribution >= 4 is 38.8 Å². The maximum atomic E-state index is 9.66. The van der Waals surface area contributed by atoms with E-state index in [0.29, 0.717) is 34.0 Å². The number of aromatic nitrogens is 6. The van der Waals surface area contributed by atoms with Crippen LogP contribution in [-0.4, -0.2) is 28.7 Å². The number of fused-ring (bicyclic) bond motifs is 6. The summed E-state index contributed by atoms with van der Waals surface area (Å²) in [6.07, 6.45) is 0. The van der Waals surface area contributed by atoms with Crippen LogP contribution < -0.4 is 0 Å². The SMILES string of the molecule is [C-]#[N+]c1ccc(-c2c(-c3ccc(C#N)cc3)nc3c4ccccc4nc(-c4ccc(-c5ccc(-c6nc7ccccc7c7nc(-c8ccc(C#N)cc8)c(-c8ccc(C#N)cc8)n67)cc5)cc4)n23)cc1. The van der Waals surface area contributed by atoms with E-state index in [9.17, 15) is 15.8 Å². The summed E-state index contributed by atoms with van der Waals surface area (Å²) >= 11 is 0. The van der Waals surface area contributed by atoms with Crippen LogP contribution in [0.1, 0.15) is 16.7 Å². The quantitative estimate of drug-likeness (QED) is 0.145. The highest BCUT2D eigenvalue weighted by molar-refractivity contribution is 5.99. The first-order chi connectivity index (χ1) is 34.5. The minimum Gasteiger partial charge on any atom is -0.275 e. The maximum absolute atomic E-state index is 9.66. The van der Waals surface area contributed by atoms with Crippen molar-refractivity contribution in [1.82, 2.24) is 28.7 Å². The van der Waals surface area contributed by atoms with Crippen molar-refractivity contribution < 1.29 is 0 Å². The van der Waals surface area contributed by atoms with E-state index < -0.39 is 0 Å². The predicted molar refractivity (Wildman–Crippen MR) is 273 cm³/mol. The monoisotopic (exact) mass is 892 g/mol. The van der Waals surface area contributed by atoms with Gasteiger partial charge in [0.1, 0.15) is 22.9 Å². The van der Waals surface area contributed by atoms with Crippen LogP contribution in [0.25, 0.3) is 117 Å². The van der Waals surface area contributed by atoms with Gasteiger partial charge in [-0.3, -0.25) is 8.80 Å². The fraction of sp³-hybridized carbons (Fsp3) is 0. The van der Waals surface area contributed by atoms with Crippen LogP contribution in [0.15, 0.2) is 194 Å². The van der Waals surface area contributed by atoms with Crippen LogP contribution in [0.2, 0.25) is 0 Å². The zero-order valence-corrected chi connectivity index (χ0v) is 36.9. The summed E-state index contributed by atoms with van der Waals surface area (Å²) in [5, 5.41) is 30.6. The van der Waals surface area contributed by atoms with Gasteiger partial charge in [0, 0.05) is 38.6 Å². The second-order valence-corrected chi connectivity index (χ2v) is 16.7. The number of para-hydroxylation sites is 2. The van der Waals surface area contributed by atoms with Gasteiger partial charge in [0.25, 0.3) is 0 Å². The molecule has 0 fully saturated rings. The van der Waals surface area contributed by atoms with E-state index in [2.05, 4.69) is 80.4 Å². The summed E-state index contributed by atoms with van der Waals surface area (Å²) < 4.78 is 4.22. The van der Waals surface area contributed by atoms with Crippen LogP contribution >= 0.6 is 0 Å². The van der Waals surface area contributed by atoms with Gasteiger partial charge in [0.2, 0.25) is 0 Å². The molecule has 0 unspecified atom stereocenters. The highest BCUT2D eigenvalue weighted by Gasteiger charge is 2.24. The van der Waals surface area contributed by atoms with Gasteiger partial charge in [-0.2, -0.15) is 15.8 Å². The normalized spacial score (nSPS) is 11.1. The third-order valence-electron chi connectivity index (χ3n) is 12.7. The fourth-order valence-electron chi connectivity index (χ4n) is 9.21. The molecule has 0 aliphatic carbocycles. The Hall–Kier alpha value is -10.5. The van der Waals surface area contributed by atoms with Crippen molar-refractivity contribution in [3.63, 3.8) is 0 Å². The fourth-order valence-corrected chi connectivity index (χ4v) is 9.21. The highest BCUT2D eigenvalue weighted by atomic mass is 15.1. The maximum Gasteiger partial charge on any atom is 0.187 e. The average molecular weight is 893 g/mol. The molecule has 12 rings (SSSR count). The molecule has 0 saturated heterocycles. The van der Waals surface area contributed by atoms with Crippen molar-refractivity contribution in [2.24, 2.45) is 0 Å². The van der Waals surface area contributed by atoms with Crippen molar-refractivity contribution in [3.8, 4) is 97.1 Å². The van der Waals surface area contributed by atoms with E-state index in [1.807, 2.05) is 121 Å². The molecule has 12 aromatic rings. The van der Waals surface area contributed by atoms with E-state index in [0.717, 1.165) is 100 Å². The number of rotatable bonds is 7. The third-order valence-corrected chi connectivity index (χ3v) is 12.7. The Morgan fingerprint density at radius 2 is 0.686 bits per heavy atom. The molecule has 0 aliphatic rings. The first-order valence-electron chi connectivity index (χ1n) is 22.3. The Morgan fingerprint density at radius 3 is 1.06 bits per heavy atom. The van der Waals surface area contributed by atoms with E-state index >= 15 is 0 Å². The number of hydrogen-bond acceptors (Lipinski definition) is 7. The van der Waals surface area contributed by atoms with Gasteiger partial charge in [0.15, 0.2) is 5.69 Å². The van der Waals surface area contributed by atoms with Crippen molar-refractivity contribution in [1.29, 1.82) is 15.8 Å². The number of nitriles is 3. The predicted octanol–water partition coefficient (Wildman–Crippen LogP) is 13.9. The Kier molecular flexibility index (Phi) is 9.78. The van der Waals surface area contributed by atoms with Crippen molar-refractivity contribution in [2.45, 2.75) is 0 Å². The second kappa shape index (κ2) is 16.7. The highest BCUT2D eigenvalue weighted by Crippen LogP contribution is 2.41. The van der Waals surface area contributed by atoms with E-state index in [4.69, 9.17) is 26.5 Å². The van der Waals surface area contributed by atoms with Gasteiger partial charge >= 0.3 is 0 Å². The largest absolute Gasteiger partial charge is 0.275 e. The Bertz CT molecular complexity index is 3940. The topological polar surface area (TPSA) is 136 Å². The molecule has 8 aromatic carbocycles. The van der Waals surface area contributed by atoms with E-state index in [1.54, 1.807) is 24.3 Å². The molecule has 0 radical (unpaired) electrons. The van der Waals surface area contributed by atoms with Crippen LogP contribution in [0.4, 0.5) is 5.69 Å². The van der Waals surface area contributed by atoms with Gasteiger partial charge < -0.3 is 0 Å². The minimum absolute atomic E-state index is 0.537. The minimum atomic E-state index is 0.537. The Balaban J connectivity index is 0.986. The van der Waals surface area contributed by atoms with E-state index in [1.165, 1.54) is 0 Å². The number of imidazole rings is 2. The molecular formula is C60H32N10. The summed E-state index contributed by atoms with van der Waals surface area (Å²) in [5.74, 6) is 1.41. The lowest BCUT2D eigenvalue weighted by Crippen LogP contribution is -2.00. The van der Waals surface area contributed by atoms with Crippen LogP contribution in [0.5, 0.6) is 0 Å². The van der Waals surface area contributed by atoms with Crippen LogP contribution in [0, 0.1) is 40.6 Å². The number of benzene rings is 8. The summed E-state index contributed by atoms with van der Waals surface area (Å²) in [5.41, 5.74) is 15.6. The standard InChI is InChI=1S/C60H32N10/c1-64-48-32-30-45(31-33-48)56-54(43-18-12-38(35-62)13-19-43)68-60-50-7-3-5-9-52(50)66-58(70(56)60)47-28-24-41(25-29-47)40-22-26-46(27-23-40)57-65-51-8-4-2-6-49(51)59-67-53(42-16-10-37(34-61)11-17-42)55(69(57)59)44-20-14-39(36-63)15-21-44/h2-33H. The smallest absolute Gasteiger partial charge is 0.187 e. The first kappa shape index (κ1) is 40.9. The van der Waals surface area contributed by atoms with Gasteiger partial charge in [-0.15, -0.1) is 0 Å². The number of nitrogens with zero attached hydrogens (tertiary/aromatic N) is 10. The molecule has 0 spiro atoms. The summed E-state index contributed by atoms with van der Waals surface area (Å²) in [6.45, 7) is 7.59. The van der Waals surface area contributed by atoms with Gasteiger partial charge in [-0.1, -0.05) is 133 Å². The lowest BCUT2D eigenvalue weighted by Gasteiger charge is -2.14. The summed E-state index contributed by atoms with van der Waals surface area (Å²) in [4.78, 5) is 24.8. The van der Waals surface area contributed by atoms with Gasteiger partial charge in [-0.25, -0.2) is 24.8 Å². The Morgan fingerprint density at radius 1 is 0.357 bits per heavy atom. The molecule has 4 heterocycles. The van der Waals surface area contributed by atoms with Crippen LogP contribution in [0.3, 0.4) is 0 Å². The molecule has 10 heteroatoms. The summed E-state index contributed by atoms with van der Waals surface area (Å²) in [6, 6.07) is 69.3. The molecule has 4 aromatic heterocycles. The first-order valence-corrected chi connectivity index (χ1v) is 22.3. The molecule has 0 aliphatic heterocycles. The molecule has 0 atom stereocenters. The second-order valence-electron chi connectivity index (χ2n) is 16.7. The van der Waals surface area contributed by atoms with Gasteiger partial charge in [-0.05, 0) is 77.4 Å². The molecule has 10 nitrogen and oxygen atoms in total. The molecule has 0 saturated carbocycles. The molecule has 0 bridgehead atoms. The zero-order valence-electron chi connectivity index (χ0n) is 36.9. The zero-order chi connectivity index (χ0) is 47.3. The van der Waals surface area contributed by atoms with E-state index in [-0.39, 0.29) is 0 Å². The number of hydrogen-bond donors (Lipinski definition) is 0. The van der Waals surface area contributed by atoms with Crippen molar-refractivity contribution in [2.75, 3.05) is 0 Å². The van der Waals surface area contributed by atoms with Crippen molar-refractivity contribution in [3.05, 3.63) is 222 Å². The molecule has 0 amide bonds. The van der Waals surface area contributed by atoms with Gasteiger partial charge in [0.05, 0.1) is 75.3 Å². The lowest BCUT2D eigenvalue weighted by atomic mass is 10.0. The van der Waals surface area contributed by atoms with Crippen LogP contribution in [-0.2, 0) is 0 Å². The molecular weight excluding hydrogens is 861 g/mol. The summed E-state index contributed by atoms with van der Waals surface area (Å²) in [7, 11) is 0. The molecule has 322 valence electrons. The third kappa shape index (κ3) is 6.86. The molecule has 70 heavy (non-hydrogen) atoms. The Labute approximate surface area is 401 Å². The lowest BCUT2D eigenvalue weighted by molar-refractivity contribution is 1.13. The molecule has 0 N–H and O–H groups in total.